The maximum atomic E-state index is 11.9. The average Bonchev–Trinajstić information content (AvgIpc) is 3.08. The number of hydrogen-bond donors (Lipinski definition) is 1. The third-order valence-electron chi connectivity index (χ3n) is 3.38. The Morgan fingerprint density at radius 1 is 1.24 bits per heavy atom. The van der Waals surface area contributed by atoms with Gasteiger partial charge < -0.3 is 10.1 Å². The molecule has 3 rings (SSSR count). The van der Waals surface area contributed by atoms with E-state index in [4.69, 9.17) is 4.74 Å². The van der Waals surface area contributed by atoms with E-state index in [0.29, 0.717) is 22.8 Å². The van der Waals surface area contributed by atoms with Gasteiger partial charge in [0, 0.05) is 18.9 Å². The van der Waals surface area contributed by atoms with Gasteiger partial charge in [-0.3, -0.25) is 4.79 Å². The lowest BCUT2D eigenvalue weighted by molar-refractivity contribution is 0.0958. The lowest BCUT2D eigenvalue weighted by Gasteiger charge is -2.07. The number of nitrogens with one attached hydrogen (secondary N) is 1. The minimum absolute atomic E-state index is 0.208. The number of carbonyl (C=O) groups excluding carboxylic acids is 1. The maximum absolute atomic E-state index is 11.9. The molecule has 0 bridgehead atoms. The molecular formula is C18H17N5O2. The Kier molecular flexibility index (Phi) is 4.56. The summed E-state index contributed by atoms with van der Waals surface area (Å²) in [6, 6.07) is 12.9. The molecule has 7 heteroatoms. The zero-order valence-corrected chi connectivity index (χ0v) is 13.9. The summed E-state index contributed by atoms with van der Waals surface area (Å²) >= 11 is 0. The first-order chi connectivity index (χ1) is 12.1. The predicted molar refractivity (Wildman–Crippen MR) is 94.2 cm³/mol. The highest BCUT2D eigenvalue weighted by Gasteiger charge is 2.16. The first-order valence-corrected chi connectivity index (χ1v) is 7.63. The number of amides is 1. The lowest BCUT2D eigenvalue weighted by Crippen LogP contribution is -2.18. The Balaban J connectivity index is 1.99. The number of hydrogen-bond acceptors (Lipinski definition) is 5. The molecule has 0 saturated carbocycles. The lowest BCUT2D eigenvalue weighted by atomic mass is 10.2. The number of aromatic nitrogens is 4. The van der Waals surface area contributed by atoms with Crippen molar-refractivity contribution in [1.29, 1.82) is 0 Å². The van der Waals surface area contributed by atoms with Crippen LogP contribution in [0.25, 0.3) is 17.1 Å². The average molecular weight is 335 g/mol. The van der Waals surface area contributed by atoms with E-state index in [9.17, 15) is 4.79 Å². The van der Waals surface area contributed by atoms with Gasteiger partial charge in [-0.1, -0.05) is 24.8 Å². The van der Waals surface area contributed by atoms with Gasteiger partial charge in [0.2, 0.25) is 0 Å². The van der Waals surface area contributed by atoms with Gasteiger partial charge in [0.1, 0.15) is 5.75 Å². The van der Waals surface area contributed by atoms with Gasteiger partial charge in [-0.05, 0) is 31.2 Å². The summed E-state index contributed by atoms with van der Waals surface area (Å²) in [5.41, 5.74) is 2.15. The summed E-state index contributed by atoms with van der Waals surface area (Å²) in [6.07, 6.45) is 1.59. The fourth-order valence-electron chi connectivity index (χ4n) is 2.22. The summed E-state index contributed by atoms with van der Waals surface area (Å²) in [6.45, 7) is 5.69. The third-order valence-corrected chi connectivity index (χ3v) is 3.38. The Bertz CT molecular complexity index is 918. The van der Waals surface area contributed by atoms with Crippen molar-refractivity contribution in [2.24, 2.45) is 0 Å². The molecule has 2 heterocycles. The van der Waals surface area contributed by atoms with Gasteiger partial charge >= 0.3 is 6.01 Å². The molecule has 0 unspecified atom stereocenters. The zero-order valence-electron chi connectivity index (χ0n) is 13.9. The van der Waals surface area contributed by atoms with Crippen LogP contribution in [0.3, 0.4) is 0 Å². The van der Waals surface area contributed by atoms with E-state index in [0.717, 1.165) is 0 Å². The monoisotopic (exact) mass is 335 g/mol. The van der Waals surface area contributed by atoms with Crippen LogP contribution in [-0.4, -0.2) is 32.7 Å². The Labute approximate surface area is 145 Å². The van der Waals surface area contributed by atoms with Crippen LogP contribution in [-0.2, 0) is 0 Å². The molecule has 0 fully saturated rings. The summed E-state index contributed by atoms with van der Waals surface area (Å²) < 4.78 is 7.23. The number of carbonyl (C=O) groups is 1. The first kappa shape index (κ1) is 16.4. The second-order valence-electron chi connectivity index (χ2n) is 5.28. The molecular weight excluding hydrogens is 318 g/mol. The van der Waals surface area contributed by atoms with Crippen LogP contribution >= 0.6 is 0 Å². The van der Waals surface area contributed by atoms with Crippen LogP contribution in [0, 0.1) is 0 Å². The summed E-state index contributed by atoms with van der Waals surface area (Å²) in [7, 11) is 1.55. The fourth-order valence-corrected chi connectivity index (χ4v) is 2.22. The molecule has 1 amide bonds. The van der Waals surface area contributed by atoms with E-state index in [1.807, 2.05) is 30.3 Å². The molecule has 2 aromatic heterocycles. The van der Waals surface area contributed by atoms with E-state index in [1.165, 1.54) is 0 Å². The minimum Gasteiger partial charge on any atom is -0.424 e. The topological polar surface area (TPSA) is 81.9 Å². The van der Waals surface area contributed by atoms with Gasteiger partial charge in [-0.2, -0.15) is 10.1 Å². The summed E-state index contributed by atoms with van der Waals surface area (Å²) in [4.78, 5) is 20.4. The van der Waals surface area contributed by atoms with Gasteiger partial charge in [-0.25, -0.2) is 9.67 Å². The molecule has 7 nitrogen and oxygen atoms in total. The molecule has 0 atom stereocenters. The molecule has 0 aliphatic heterocycles. The highest BCUT2D eigenvalue weighted by Crippen LogP contribution is 2.24. The second kappa shape index (κ2) is 6.96. The fraction of sp³-hybridized carbons (Fsp3) is 0.111. The molecule has 0 saturated heterocycles. The standard InChI is InChI=1S/C18H17N5O2/c1-12(2)23-16(11-15(22-23)17(24)19-3)14-9-10-20-18(21-14)25-13-7-5-4-6-8-13/h4-11H,1H2,2-3H3,(H,19,24). The largest absolute Gasteiger partial charge is 0.424 e. The molecule has 0 aliphatic carbocycles. The van der Waals surface area contributed by atoms with Crippen molar-refractivity contribution in [3.63, 3.8) is 0 Å². The molecule has 1 N–H and O–H groups in total. The van der Waals surface area contributed by atoms with E-state index in [2.05, 4.69) is 27.0 Å². The molecule has 126 valence electrons. The Morgan fingerprint density at radius 2 is 2.00 bits per heavy atom. The molecule has 0 aliphatic rings. The van der Waals surface area contributed by atoms with Crippen molar-refractivity contribution in [3.05, 3.63) is 60.9 Å². The quantitative estimate of drug-likeness (QED) is 0.775. The molecule has 3 aromatic rings. The van der Waals surface area contributed by atoms with Crippen LogP contribution in [0.2, 0.25) is 0 Å². The van der Waals surface area contributed by atoms with Crippen molar-refractivity contribution in [3.8, 4) is 23.1 Å². The van der Waals surface area contributed by atoms with Crippen molar-refractivity contribution < 1.29 is 9.53 Å². The number of rotatable bonds is 5. The van der Waals surface area contributed by atoms with E-state index >= 15 is 0 Å². The number of para-hydroxylation sites is 1. The number of allylic oxidation sites excluding steroid dienone is 1. The van der Waals surface area contributed by atoms with Crippen LogP contribution in [0.5, 0.6) is 11.8 Å². The first-order valence-electron chi connectivity index (χ1n) is 7.63. The van der Waals surface area contributed by atoms with Crippen molar-refractivity contribution in [2.75, 3.05) is 7.05 Å². The van der Waals surface area contributed by atoms with E-state index in [1.54, 1.807) is 37.0 Å². The van der Waals surface area contributed by atoms with E-state index in [-0.39, 0.29) is 17.6 Å². The molecule has 0 radical (unpaired) electrons. The summed E-state index contributed by atoms with van der Waals surface area (Å²) in [5, 5.41) is 6.83. The van der Waals surface area contributed by atoms with Crippen LogP contribution in [0.1, 0.15) is 17.4 Å². The van der Waals surface area contributed by atoms with Crippen LogP contribution in [0.4, 0.5) is 0 Å². The minimum atomic E-state index is -0.281. The maximum Gasteiger partial charge on any atom is 0.322 e. The predicted octanol–water partition coefficient (Wildman–Crippen LogP) is 2.98. The third kappa shape index (κ3) is 3.55. The van der Waals surface area contributed by atoms with Crippen molar-refractivity contribution in [2.45, 2.75) is 6.92 Å². The smallest absolute Gasteiger partial charge is 0.322 e. The van der Waals surface area contributed by atoms with Gasteiger partial charge in [-0.15, -0.1) is 0 Å². The number of benzene rings is 1. The molecule has 25 heavy (non-hydrogen) atoms. The van der Waals surface area contributed by atoms with Gasteiger partial charge in [0.15, 0.2) is 5.69 Å². The van der Waals surface area contributed by atoms with Crippen molar-refractivity contribution >= 4 is 11.6 Å². The van der Waals surface area contributed by atoms with E-state index < -0.39 is 0 Å². The van der Waals surface area contributed by atoms with Gasteiger partial charge in [0.05, 0.1) is 11.4 Å². The highest BCUT2D eigenvalue weighted by molar-refractivity contribution is 5.93. The summed E-state index contributed by atoms with van der Waals surface area (Å²) in [5.74, 6) is 0.357. The molecule has 1 aromatic carbocycles. The zero-order chi connectivity index (χ0) is 17.8. The SMILES string of the molecule is C=C(C)n1nc(C(=O)NC)cc1-c1ccnc(Oc2ccccc2)n1. The van der Waals surface area contributed by atoms with Crippen molar-refractivity contribution in [1.82, 2.24) is 25.1 Å². The Hall–Kier alpha value is -3.48. The highest BCUT2D eigenvalue weighted by atomic mass is 16.5. The van der Waals surface area contributed by atoms with Gasteiger partial charge in [0.25, 0.3) is 5.91 Å². The number of nitrogens with zero attached hydrogens (tertiary/aromatic N) is 4. The molecule has 0 spiro atoms. The van der Waals surface area contributed by atoms with Crippen LogP contribution < -0.4 is 10.1 Å². The van der Waals surface area contributed by atoms with Crippen LogP contribution in [0.15, 0.2) is 55.2 Å². The number of ether oxygens (including phenoxy) is 1. The normalized spacial score (nSPS) is 10.3. The second-order valence-corrected chi connectivity index (χ2v) is 5.28. The Morgan fingerprint density at radius 3 is 2.68 bits per heavy atom.